The van der Waals surface area contributed by atoms with E-state index < -0.39 is 0 Å². The van der Waals surface area contributed by atoms with Crippen molar-refractivity contribution in [2.45, 2.75) is 39.0 Å². The van der Waals surface area contributed by atoms with E-state index in [-0.39, 0.29) is 0 Å². The molecule has 0 bridgehead atoms. The maximum Gasteiger partial charge on any atom is 0.233 e. The summed E-state index contributed by atoms with van der Waals surface area (Å²) >= 11 is 0. The summed E-state index contributed by atoms with van der Waals surface area (Å²) in [6, 6.07) is 0. The topological polar surface area (TPSA) is 29.5 Å². The summed E-state index contributed by atoms with van der Waals surface area (Å²) in [5.74, 6) is 0.669. The Morgan fingerprint density at radius 1 is 1.38 bits per heavy atom. The van der Waals surface area contributed by atoms with Gasteiger partial charge in [-0.25, -0.2) is 5.06 Å². The molecule has 1 saturated carbocycles. The molecule has 0 aromatic heterocycles. The Hall–Kier alpha value is -0.570. The van der Waals surface area contributed by atoms with Crippen molar-refractivity contribution in [1.29, 1.82) is 0 Å². The molecule has 1 aliphatic rings. The van der Waals surface area contributed by atoms with Gasteiger partial charge < -0.3 is 0 Å². The molecule has 0 unspecified atom stereocenters. The van der Waals surface area contributed by atoms with Crippen molar-refractivity contribution in [3.05, 3.63) is 0 Å². The Labute approximate surface area is 80.0 Å². The predicted octanol–water partition coefficient (Wildman–Crippen LogP) is 1.98. The van der Waals surface area contributed by atoms with Crippen LogP contribution in [0, 0.1) is 5.92 Å². The second-order valence-corrected chi connectivity index (χ2v) is 3.64. The zero-order valence-corrected chi connectivity index (χ0v) is 8.37. The second-order valence-electron chi connectivity index (χ2n) is 3.64. The van der Waals surface area contributed by atoms with Crippen molar-refractivity contribution in [1.82, 2.24) is 5.06 Å². The van der Waals surface area contributed by atoms with Crippen molar-refractivity contribution in [2.75, 3.05) is 13.2 Å². The number of hydrogen-bond donors (Lipinski definition) is 0. The quantitative estimate of drug-likeness (QED) is 0.484. The van der Waals surface area contributed by atoms with Gasteiger partial charge in [-0.15, -0.1) is 0 Å². The van der Waals surface area contributed by atoms with Crippen LogP contribution >= 0.6 is 0 Å². The van der Waals surface area contributed by atoms with Crippen LogP contribution in [0.3, 0.4) is 0 Å². The van der Waals surface area contributed by atoms with Crippen LogP contribution in [0.1, 0.15) is 39.0 Å². The fourth-order valence-corrected chi connectivity index (χ4v) is 1.75. The van der Waals surface area contributed by atoms with Gasteiger partial charge in [0.05, 0.1) is 6.61 Å². The summed E-state index contributed by atoms with van der Waals surface area (Å²) in [7, 11) is 0. The van der Waals surface area contributed by atoms with E-state index in [1.807, 2.05) is 6.92 Å². The van der Waals surface area contributed by atoms with E-state index >= 15 is 0 Å². The van der Waals surface area contributed by atoms with E-state index in [0.717, 1.165) is 6.41 Å². The second kappa shape index (κ2) is 5.97. The van der Waals surface area contributed by atoms with E-state index in [0.29, 0.717) is 19.1 Å². The van der Waals surface area contributed by atoms with E-state index in [2.05, 4.69) is 0 Å². The molecule has 0 atom stereocenters. The minimum atomic E-state index is 0.635. The Kier molecular flexibility index (Phi) is 4.83. The summed E-state index contributed by atoms with van der Waals surface area (Å²) in [5, 5.41) is 1.37. The number of carbonyl (C=O) groups is 1. The summed E-state index contributed by atoms with van der Waals surface area (Å²) in [5.41, 5.74) is 0. The first-order valence-corrected chi connectivity index (χ1v) is 5.21. The van der Waals surface area contributed by atoms with Crippen LogP contribution in [-0.2, 0) is 9.63 Å². The maximum absolute atomic E-state index is 10.4. The summed E-state index contributed by atoms with van der Waals surface area (Å²) in [4.78, 5) is 15.8. The first-order valence-electron chi connectivity index (χ1n) is 5.21. The van der Waals surface area contributed by atoms with Crippen LogP contribution in [0.4, 0.5) is 0 Å². The van der Waals surface area contributed by atoms with Gasteiger partial charge >= 0.3 is 0 Å². The molecule has 0 aromatic rings. The fraction of sp³-hybridized carbons (Fsp3) is 0.900. The molecule has 3 heteroatoms. The van der Waals surface area contributed by atoms with Crippen LogP contribution in [0.5, 0.6) is 0 Å². The molecule has 0 N–H and O–H groups in total. The summed E-state index contributed by atoms with van der Waals surface area (Å²) in [6.07, 6.45) is 7.28. The molecule has 0 radical (unpaired) electrons. The third-order valence-electron chi connectivity index (χ3n) is 2.63. The lowest BCUT2D eigenvalue weighted by Gasteiger charge is -2.23. The van der Waals surface area contributed by atoms with Gasteiger partial charge in [0.2, 0.25) is 6.41 Å². The van der Waals surface area contributed by atoms with Crippen molar-refractivity contribution < 1.29 is 9.63 Å². The highest BCUT2D eigenvalue weighted by Gasteiger charge is 2.14. The van der Waals surface area contributed by atoms with Crippen LogP contribution in [0.25, 0.3) is 0 Å². The smallest absolute Gasteiger partial charge is 0.233 e. The zero-order chi connectivity index (χ0) is 9.52. The lowest BCUT2D eigenvalue weighted by Crippen LogP contribution is -2.26. The van der Waals surface area contributed by atoms with Crippen molar-refractivity contribution in [3.8, 4) is 0 Å². The molecule has 0 aliphatic heterocycles. The molecular formula is C10H19NO2. The lowest BCUT2D eigenvalue weighted by atomic mass is 9.90. The van der Waals surface area contributed by atoms with Gasteiger partial charge in [0.1, 0.15) is 0 Å². The fourth-order valence-electron chi connectivity index (χ4n) is 1.75. The number of hydrogen-bond acceptors (Lipinski definition) is 2. The van der Waals surface area contributed by atoms with E-state index in [4.69, 9.17) is 4.84 Å². The molecule has 0 heterocycles. The van der Waals surface area contributed by atoms with Gasteiger partial charge in [-0.2, -0.15) is 0 Å². The SMILES string of the molecule is CCN(C=O)OCC1CCCCC1. The zero-order valence-electron chi connectivity index (χ0n) is 8.37. The number of hydroxylamine groups is 2. The molecule has 0 spiro atoms. The average Bonchev–Trinajstić information content (AvgIpc) is 2.21. The molecule has 1 rings (SSSR count). The predicted molar refractivity (Wildman–Crippen MR) is 51.0 cm³/mol. The highest BCUT2D eigenvalue weighted by atomic mass is 16.7. The molecule has 1 aliphatic carbocycles. The largest absolute Gasteiger partial charge is 0.276 e. The first kappa shape index (κ1) is 10.5. The normalized spacial score (nSPS) is 18.5. The Morgan fingerprint density at radius 3 is 2.62 bits per heavy atom. The molecule has 1 fully saturated rings. The highest BCUT2D eigenvalue weighted by Crippen LogP contribution is 2.23. The van der Waals surface area contributed by atoms with Crippen LogP contribution in [0.2, 0.25) is 0 Å². The van der Waals surface area contributed by atoms with Crippen LogP contribution in [0.15, 0.2) is 0 Å². The molecular weight excluding hydrogens is 166 g/mol. The van der Waals surface area contributed by atoms with Crippen LogP contribution in [-0.4, -0.2) is 24.6 Å². The van der Waals surface area contributed by atoms with Crippen molar-refractivity contribution >= 4 is 6.41 Å². The summed E-state index contributed by atoms with van der Waals surface area (Å²) in [6.45, 7) is 3.26. The van der Waals surface area contributed by atoms with Gasteiger partial charge in [0.15, 0.2) is 0 Å². The maximum atomic E-state index is 10.4. The standard InChI is InChI=1S/C10H19NO2/c1-2-11(9-12)13-8-10-6-4-3-5-7-10/h9-10H,2-8H2,1H3. The Morgan fingerprint density at radius 2 is 2.08 bits per heavy atom. The van der Waals surface area contributed by atoms with Crippen molar-refractivity contribution in [3.63, 3.8) is 0 Å². The van der Waals surface area contributed by atoms with Crippen molar-refractivity contribution in [2.24, 2.45) is 5.92 Å². The van der Waals surface area contributed by atoms with Gasteiger partial charge in [-0.3, -0.25) is 9.63 Å². The Balaban J connectivity index is 2.12. The Bertz CT molecular complexity index is 144. The third kappa shape index (κ3) is 3.77. The third-order valence-corrected chi connectivity index (χ3v) is 2.63. The average molecular weight is 185 g/mol. The minimum Gasteiger partial charge on any atom is -0.276 e. The van der Waals surface area contributed by atoms with E-state index in [1.165, 1.54) is 37.2 Å². The van der Waals surface area contributed by atoms with Crippen LogP contribution < -0.4 is 0 Å². The van der Waals surface area contributed by atoms with E-state index in [1.54, 1.807) is 0 Å². The molecule has 0 aromatic carbocycles. The van der Waals surface area contributed by atoms with E-state index in [9.17, 15) is 4.79 Å². The number of nitrogens with zero attached hydrogens (tertiary/aromatic N) is 1. The molecule has 13 heavy (non-hydrogen) atoms. The monoisotopic (exact) mass is 185 g/mol. The number of carbonyl (C=O) groups excluding carboxylic acids is 1. The minimum absolute atomic E-state index is 0.635. The van der Waals surface area contributed by atoms with Gasteiger partial charge in [0, 0.05) is 6.54 Å². The van der Waals surface area contributed by atoms with Gasteiger partial charge in [-0.1, -0.05) is 19.3 Å². The molecule has 3 nitrogen and oxygen atoms in total. The molecule has 1 amide bonds. The lowest BCUT2D eigenvalue weighted by molar-refractivity contribution is -0.176. The van der Waals surface area contributed by atoms with Gasteiger partial charge in [-0.05, 0) is 25.7 Å². The first-order chi connectivity index (χ1) is 6.36. The highest BCUT2D eigenvalue weighted by molar-refractivity contribution is 5.44. The summed E-state index contributed by atoms with van der Waals surface area (Å²) < 4.78 is 0. The van der Waals surface area contributed by atoms with Gasteiger partial charge in [0.25, 0.3) is 0 Å². The number of amides is 1. The molecule has 76 valence electrons. The number of rotatable bonds is 5. The molecule has 0 saturated heterocycles.